The van der Waals surface area contributed by atoms with Gasteiger partial charge in [0.25, 0.3) is 0 Å². The lowest BCUT2D eigenvalue weighted by Crippen LogP contribution is -2.32. The van der Waals surface area contributed by atoms with Crippen LogP contribution in [0.25, 0.3) is 0 Å². The van der Waals surface area contributed by atoms with E-state index in [2.05, 4.69) is 5.32 Å². The second-order valence-electron chi connectivity index (χ2n) is 5.39. The van der Waals surface area contributed by atoms with E-state index in [1.165, 1.54) is 0 Å². The van der Waals surface area contributed by atoms with Gasteiger partial charge >= 0.3 is 0 Å². The minimum Gasteiger partial charge on any atom is -0.380 e. The minimum atomic E-state index is -0.256. The first-order chi connectivity index (χ1) is 10.6. The van der Waals surface area contributed by atoms with Crippen LogP contribution in [0.1, 0.15) is 24.8 Å². The Morgan fingerprint density at radius 1 is 1.48 bits per heavy atom. The summed E-state index contributed by atoms with van der Waals surface area (Å²) in [6.07, 6.45) is 1.50. The Hall–Kier alpha value is -1.63. The van der Waals surface area contributed by atoms with Gasteiger partial charge in [0, 0.05) is 38.9 Å². The molecule has 1 heterocycles. The zero-order valence-corrected chi connectivity index (χ0v) is 14.1. The van der Waals surface area contributed by atoms with Crippen LogP contribution >= 0.6 is 12.4 Å². The minimum absolute atomic E-state index is 0. The average Bonchev–Trinajstić information content (AvgIpc) is 2.97. The van der Waals surface area contributed by atoms with E-state index in [1.54, 1.807) is 12.0 Å². The number of nitrogens with one attached hydrogen (secondary N) is 1. The SMILES string of the molecule is COC(CN)CC(=O)NCc1cccc(N2CCCC2=O)c1.Cl. The lowest BCUT2D eigenvalue weighted by molar-refractivity contribution is -0.123. The Labute approximate surface area is 142 Å². The van der Waals surface area contributed by atoms with Crippen molar-refractivity contribution in [1.82, 2.24) is 5.32 Å². The van der Waals surface area contributed by atoms with E-state index < -0.39 is 0 Å². The van der Waals surface area contributed by atoms with Gasteiger partial charge in [-0.1, -0.05) is 12.1 Å². The summed E-state index contributed by atoms with van der Waals surface area (Å²) in [6, 6.07) is 7.70. The van der Waals surface area contributed by atoms with Crippen LogP contribution in [0.4, 0.5) is 5.69 Å². The lowest BCUT2D eigenvalue weighted by atomic mass is 10.1. The first kappa shape index (κ1) is 19.4. The van der Waals surface area contributed by atoms with Crippen LogP contribution in [-0.2, 0) is 20.9 Å². The van der Waals surface area contributed by atoms with Crippen LogP contribution in [0.2, 0.25) is 0 Å². The van der Waals surface area contributed by atoms with Crippen molar-refractivity contribution in [2.45, 2.75) is 31.9 Å². The Morgan fingerprint density at radius 3 is 2.87 bits per heavy atom. The summed E-state index contributed by atoms with van der Waals surface area (Å²) in [5.74, 6) is 0.0621. The van der Waals surface area contributed by atoms with Crippen LogP contribution in [0.5, 0.6) is 0 Å². The quantitative estimate of drug-likeness (QED) is 0.780. The van der Waals surface area contributed by atoms with Crippen LogP contribution in [-0.4, -0.2) is 38.1 Å². The molecule has 1 unspecified atom stereocenters. The highest BCUT2D eigenvalue weighted by Gasteiger charge is 2.21. The van der Waals surface area contributed by atoms with E-state index in [9.17, 15) is 9.59 Å². The number of rotatable bonds is 7. The van der Waals surface area contributed by atoms with Crippen molar-refractivity contribution in [2.75, 3.05) is 25.1 Å². The van der Waals surface area contributed by atoms with E-state index in [-0.39, 0.29) is 36.7 Å². The second-order valence-corrected chi connectivity index (χ2v) is 5.39. The first-order valence-electron chi connectivity index (χ1n) is 7.53. The van der Waals surface area contributed by atoms with Gasteiger partial charge in [-0.3, -0.25) is 9.59 Å². The molecule has 2 amide bonds. The normalized spacial score (nSPS) is 15.2. The van der Waals surface area contributed by atoms with Gasteiger partial charge in [0.15, 0.2) is 0 Å². The van der Waals surface area contributed by atoms with Crippen molar-refractivity contribution in [2.24, 2.45) is 5.73 Å². The van der Waals surface area contributed by atoms with Crippen molar-refractivity contribution in [3.8, 4) is 0 Å². The molecule has 1 fully saturated rings. The summed E-state index contributed by atoms with van der Waals surface area (Å²) in [6.45, 7) is 1.51. The van der Waals surface area contributed by atoms with Crippen molar-refractivity contribution in [3.63, 3.8) is 0 Å². The van der Waals surface area contributed by atoms with Gasteiger partial charge in [0.05, 0.1) is 12.5 Å². The molecule has 1 aromatic rings. The van der Waals surface area contributed by atoms with E-state index in [0.29, 0.717) is 19.5 Å². The number of anilines is 1. The van der Waals surface area contributed by atoms with Gasteiger partial charge in [0.1, 0.15) is 0 Å². The second kappa shape index (κ2) is 9.50. The maximum atomic E-state index is 11.8. The third-order valence-electron chi connectivity index (χ3n) is 3.79. The monoisotopic (exact) mass is 341 g/mol. The van der Waals surface area contributed by atoms with E-state index in [4.69, 9.17) is 10.5 Å². The van der Waals surface area contributed by atoms with E-state index >= 15 is 0 Å². The molecule has 1 aliphatic heterocycles. The first-order valence-corrected chi connectivity index (χ1v) is 7.53. The summed E-state index contributed by atoms with van der Waals surface area (Å²) >= 11 is 0. The Kier molecular flexibility index (Phi) is 8.02. The topological polar surface area (TPSA) is 84.7 Å². The standard InChI is InChI=1S/C16H23N3O3.ClH/c1-22-14(10-17)9-15(20)18-11-12-4-2-5-13(8-12)19-7-3-6-16(19)21;/h2,4-5,8,14H,3,6-7,9-11,17H2,1H3,(H,18,20);1H. The third kappa shape index (κ3) is 5.49. The van der Waals surface area contributed by atoms with Gasteiger partial charge in [-0.2, -0.15) is 0 Å². The molecule has 0 radical (unpaired) electrons. The molecule has 6 nitrogen and oxygen atoms in total. The molecule has 2 rings (SSSR count). The fourth-order valence-corrected chi connectivity index (χ4v) is 2.50. The number of hydrogen-bond donors (Lipinski definition) is 2. The maximum absolute atomic E-state index is 11.8. The van der Waals surface area contributed by atoms with Crippen LogP contribution in [0.15, 0.2) is 24.3 Å². The van der Waals surface area contributed by atoms with Gasteiger partial charge in [-0.15, -0.1) is 12.4 Å². The number of carbonyl (C=O) groups excluding carboxylic acids is 2. The number of benzene rings is 1. The van der Waals surface area contributed by atoms with Crippen molar-refractivity contribution >= 4 is 29.9 Å². The molecule has 7 heteroatoms. The molecule has 0 aliphatic carbocycles. The van der Waals surface area contributed by atoms with Crippen molar-refractivity contribution in [1.29, 1.82) is 0 Å². The Bertz CT molecular complexity index is 535. The number of nitrogens with zero attached hydrogens (tertiary/aromatic N) is 1. The van der Waals surface area contributed by atoms with Crippen LogP contribution in [0, 0.1) is 0 Å². The number of ether oxygens (including phenoxy) is 1. The fraction of sp³-hybridized carbons (Fsp3) is 0.500. The smallest absolute Gasteiger partial charge is 0.227 e. The molecule has 0 bridgehead atoms. The maximum Gasteiger partial charge on any atom is 0.227 e. The van der Waals surface area contributed by atoms with Crippen LogP contribution in [0.3, 0.4) is 0 Å². The number of hydrogen-bond acceptors (Lipinski definition) is 4. The molecule has 1 aromatic carbocycles. The van der Waals surface area contributed by atoms with Crippen molar-refractivity contribution < 1.29 is 14.3 Å². The highest BCUT2D eigenvalue weighted by Crippen LogP contribution is 2.22. The molecule has 1 atom stereocenters. The third-order valence-corrected chi connectivity index (χ3v) is 3.79. The van der Waals surface area contributed by atoms with Gasteiger partial charge in [0.2, 0.25) is 11.8 Å². The zero-order chi connectivity index (χ0) is 15.9. The van der Waals surface area contributed by atoms with Crippen molar-refractivity contribution in [3.05, 3.63) is 29.8 Å². The summed E-state index contributed by atoms with van der Waals surface area (Å²) in [5.41, 5.74) is 7.36. The predicted molar refractivity (Wildman–Crippen MR) is 91.6 cm³/mol. The Morgan fingerprint density at radius 2 is 2.26 bits per heavy atom. The van der Waals surface area contributed by atoms with Gasteiger partial charge < -0.3 is 20.7 Å². The predicted octanol–water partition coefficient (Wildman–Crippen LogP) is 1.22. The molecular formula is C16H24ClN3O3. The molecular weight excluding hydrogens is 318 g/mol. The molecule has 1 saturated heterocycles. The summed E-state index contributed by atoms with van der Waals surface area (Å²) < 4.78 is 5.09. The zero-order valence-electron chi connectivity index (χ0n) is 13.3. The summed E-state index contributed by atoms with van der Waals surface area (Å²) in [5, 5.41) is 2.85. The average molecular weight is 342 g/mol. The molecule has 23 heavy (non-hydrogen) atoms. The molecule has 0 saturated carbocycles. The molecule has 0 aromatic heterocycles. The summed E-state index contributed by atoms with van der Waals surface area (Å²) in [7, 11) is 1.54. The number of carbonyl (C=O) groups is 2. The number of methoxy groups -OCH3 is 1. The molecule has 128 valence electrons. The number of halogens is 1. The molecule has 3 N–H and O–H groups in total. The number of amides is 2. The van der Waals surface area contributed by atoms with Gasteiger partial charge in [-0.05, 0) is 24.1 Å². The van der Waals surface area contributed by atoms with Gasteiger partial charge in [-0.25, -0.2) is 0 Å². The highest BCUT2D eigenvalue weighted by molar-refractivity contribution is 5.95. The Balaban J connectivity index is 0.00000264. The lowest BCUT2D eigenvalue weighted by Gasteiger charge is -2.17. The van der Waals surface area contributed by atoms with Crippen LogP contribution < -0.4 is 16.0 Å². The highest BCUT2D eigenvalue weighted by atomic mass is 35.5. The fourth-order valence-electron chi connectivity index (χ4n) is 2.50. The van der Waals surface area contributed by atoms with E-state index in [1.807, 2.05) is 24.3 Å². The van der Waals surface area contributed by atoms with E-state index in [0.717, 1.165) is 24.2 Å². The number of nitrogens with two attached hydrogens (primary N) is 1. The summed E-state index contributed by atoms with van der Waals surface area (Å²) in [4.78, 5) is 25.4. The molecule has 0 spiro atoms. The largest absolute Gasteiger partial charge is 0.380 e. The molecule has 1 aliphatic rings.